The maximum Gasteiger partial charge on any atom is 0.251 e. The molecule has 158 valence electrons. The van der Waals surface area contributed by atoms with Crippen molar-refractivity contribution in [3.8, 4) is 0 Å². The summed E-state index contributed by atoms with van der Waals surface area (Å²) in [6.45, 7) is 4.37. The fraction of sp³-hybridized carbons (Fsp3) is 0.160. The van der Waals surface area contributed by atoms with E-state index in [4.69, 9.17) is 21.0 Å². The topological polar surface area (TPSA) is 86.1 Å². The molecule has 0 saturated heterocycles. The Labute approximate surface area is 182 Å². The van der Waals surface area contributed by atoms with Gasteiger partial charge in [0.2, 0.25) is 5.96 Å². The second kappa shape index (κ2) is 8.35. The van der Waals surface area contributed by atoms with Gasteiger partial charge in [0.1, 0.15) is 0 Å². The molecule has 3 aromatic carbocycles. The lowest BCUT2D eigenvalue weighted by Gasteiger charge is -2.43. The number of nitrogens with zero attached hydrogens (tertiary/aromatic N) is 2. The monoisotopic (exact) mass is 414 g/mol. The highest BCUT2D eigenvalue weighted by molar-refractivity contribution is 5.91. The lowest BCUT2D eigenvalue weighted by molar-refractivity contribution is -0.224. The smallest absolute Gasteiger partial charge is 0.251 e. The van der Waals surface area contributed by atoms with Crippen molar-refractivity contribution in [2.75, 3.05) is 14.2 Å². The Kier molecular flexibility index (Phi) is 5.61. The normalized spacial score (nSPS) is 18.9. The number of benzene rings is 3. The third-order valence-electron chi connectivity index (χ3n) is 5.51. The molecule has 1 aliphatic heterocycles. The van der Waals surface area contributed by atoms with Crippen molar-refractivity contribution in [3.63, 3.8) is 0 Å². The second-order valence-electron chi connectivity index (χ2n) is 7.37. The molecule has 1 unspecified atom stereocenters. The van der Waals surface area contributed by atoms with E-state index in [1.165, 1.54) is 19.3 Å². The lowest BCUT2D eigenvalue weighted by atomic mass is 9.89. The number of allylic oxidation sites excluding steroid dienone is 1. The van der Waals surface area contributed by atoms with Crippen molar-refractivity contribution in [1.82, 2.24) is 5.06 Å². The first kappa shape index (κ1) is 20.8. The van der Waals surface area contributed by atoms with Crippen molar-refractivity contribution in [1.29, 1.82) is 0 Å². The van der Waals surface area contributed by atoms with E-state index in [1.807, 2.05) is 48.5 Å². The molecule has 6 nitrogen and oxygen atoms in total. The molecule has 3 aromatic rings. The molecule has 1 aliphatic rings. The van der Waals surface area contributed by atoms with E-state index in [0.29, 0.717) is 23.3 Å². The van der Waals surface area contributed by atoms with Crippen LogP contribution in [0.2, 0.25) is 0 Å². The predicted octanol–water partition coefficient (Wildman–Crippen LogP) is 3.80. The third kappa shape index (κ3) is 3.72. The van der Waals surface area contributed by atoms with Gasteiger partial charge in [-0.3, -0.25) is 10.6 Å². The van der Waals surface area contributed by atoms with Gasteiger partial charge in [0, 0.05) is 13.5 Å². The van der Waals surface area contributed by atoms with Crippen LogP contribution < -0.4 is 11.5 Å². The zero-order valence-corrected chi connectivity index (χ0v) is 17.7. The van der Waals surface area contributed by atoms with Gasteiger partial charge in [0.05, 0.1) is 18.4 Å². The highest BCUT2D eigenvalue weighted by Gasteiger charge is 2.45. The molecule has 1 atom stereocenters. The Hall–Kier alpha value is -3.45. The van der Waals surface area contributed by atoms with Crippen molar-refractivity contribution in [3.05, 3.63) is 102 Å². The van der Waals surface area contributed by atoms with Crippen LogP contribution in [-0.2, 0) is 16.0 Å². The summed E-state index contributed by atoms with van der Waals surface area (Å²) in [5.74, 6) is -1.37. The predicted molar refractivity (Wildman–Crippen MR) is 125 cm³/mol. The van der Waals surface area contributed by atoms with Gasteiger partial charge >= 0.3 is 0 Å². The fourth-order valence-corrected chi connectivity index (χ4v) is 3.96. The van der Waals surface area contributed by atoms with Crippen LogP contribution in [0.5, 0.6) is 0 Å². The van der Waals surface area contributed by atoms with Gasteiger partial charge in [-0.25, -0.2) is 4.99 Å². The van der Waals surface area contributed by atoms with Gasteiger partial charge in [0.25, 0.3) is 5.85 Å². The summed E-state index contributed by atoms with van der Waals surface area (Å²) in [4.78, 5) is 10.1. The zero-order chi connectivity index (χ0) is 22.0. The van der Waals surface area contributed by atoms with Gasteiger partial charge in [0.15, 0.2) is 0 Å². The summed E-state index contributed by atoms with van der Waals surface area (Å²) in [5, 5.41) is 3.52. The van der Waals surface area contributed by atoms with Crippen LogP contribution in [0.15, 0.2) is 95.6 Å². The molecular weight excluding hydrogens is 388 g/mol. The van der Waals surface area contributed by atoms with E-state index >= 15 is 0 Å². The van der Waals surface area contributed by atoms with Gasteiger partial charge in [-0.1, -0.05) is 73.3 Å². The number of nitrogens with two attached hydrogens (primary N) is 2. The molecule has 0 radical (unpaired) electrons. The number of fused-ring (bicyclic) bond motifs is 1. The molecular formula is C25H26N4O2. The Bertz CT molecular complexity index is 1190. The van der Waals surface area contributed by atoms with Crippen LogP contribution in [0.4, 0.5) is 0 Å². The van der Waals surface area contributed by atoms with Gasteiger partial charge in [-0.05, 0) is 33.5 Å². The number of aliphatic imine (C=N–C) groups is 1. The maximum absolute atomic E-state index is 6.74. The third-order valence-corrected chi connectivity index (χ3v) is 5.51. The second-order valence-corrected chi connectivity index (χ2v) is 7.37. The van der Waals surface area contributed by atoms with E-state index < -0.39 is 5.85 Å². The largest absolute Gasteiger partial charge is 0.368 e. The Morgan fingerprint density at radius 3 is 2.35 bits per heavy atom. The number of methoxy groups -OCH3 is 1. The molecule has 0 aliphatic carbocycles. The first-order chi connectivity index (χ1) is 15.0. The molecule has 0 amide bonds. The minimum atomic E-state index is -1.49. The lowest BCUT2D eigenvalue weighted by Crippen LogP contribution is -2.64. The Morgan fingerprint density at radius 2 is 1.68 bits per heavy atom. The SMILES string of the molecule is C=C(C1=C(Cc2ccccc2)N=C(N)N(OC)C1(N)OC)c1ccc2ccccc2c1. The minimum absolute atomic E-state index is 0.118. The molecule has 0 saturated carbocycles. The first-order valence-corrected chi connectivity index (χ1v) is 9.96. The van der Waals surface area contributed by atoms with E-state index in [9.17, 15) is 0 Å². The van der Waals surface area contributed by atoms with E-state index in [-0.39, 0.29) is 5.96 Å². The first-order valence-electron chi connectivity index (χ1n) is 9.96. The number of hydrogen-bond donors (Lipinski definition) is 2. The zero-order valence-electron chi connectivity index (χ0n) is 17.7. The summed E-state index contributed by atoms with van der Waals surface area (Å²) in [6, 6.07) is 24.3. The summed E-state index contributed by atoms with van der Waals surface area (Å²) < 4.78 is 5.76. The number of hydroxylamine groups is 2. The van der Waals surface area contributed by atoms with Crippen LogP contribution in [-0.4, -0.2) is 31.1 Å². The number of hydrogen-bond acceptors (Lipinski definition) is 6. The maximum atomic E-state index is 6.74. The molecule has 4 rings (SSSR count). The van der Waals surface area contributed by atoms with Gasteiger partial charge in [-0.15, -0.1) is 0 Å². The van der Waals surface area contributed by atoms with Crippen molar-refractivity contribution in [2.24, 2.45) is 16.5 Å². The van der Waals surface area contributed by atoms with Crippen LogP contribution in [0, 0.1) is 0 Å². The highest BCUT2D eigenvalue weighted by Crippen LogP contribution is 2.39. The average Bonchev–Trinajstić information content (AvgIpc) is 2.79. The molecule has 4 N–H and O–H groups in total. The van der Waals surface area contributed by atoms with Gasteiger partial charge < -0.3 is 10.5 Å². The minimum Gasteiger partial charge on any atom is -0.368 e. The van der Waals surface area contributed by atoms with Crippen molar-refractivity contribution >= 4 is 22.3 Å². The highest BCUT2D eigenvalue weighted by atomic mass is 16.7. The molecule has 6 heteroatoms. The molecule has 1 heterocycles. The number of rotatable bonds is 6. The van der Waals surface area contributed by atoms with Crippen LogP contribution >= 0.6 is 0 Å². The fourth-order valence-electron chi connectivity index (χ4n) is 3.96. The standard InChI is InChI=1S/C25H26N4O2/c1-17(20-14-13-19-11-7-8-12-21(19)16-20)23-22(15-18-9-5-4-6-10-18)28-24(26)29(31-3)25(23,27)30-2/h4-14,16H,1,15,27H2,2-3H3,(H2,26,28). The molecule has 0 fully saturated rings. The quantitative estimate of drug-likeness (QED) is 0.599. The summed E-state index contributed by atoms with van der Waals surface area (Å²) >= 11 is 0. The number of ether oxygens (including phenoxy) is 1. The summed E-state index contributed by atoms with van der Waals surface area (Å²) in [5.41, 5.74) is 16.9. The number of guanidine groups is 1. The summed E-state index contributed by atoms with van der Waals surface area (Å²) in [7, 11) is 2.99. The summed E-state index contributed by atoms with van der Waals surface area (Å²) in [6.07, 6.45) is 0.517. The Morgan fingerprint density at radius 1 is 1.00 bits per heavy atom. The molecule has 0 aromatic heterocycles. The van der Waals surface area contributed by atoms with Crippen LogP contribution in [0.1, 0.15) is 11.1 Å². The van der Waals surface area contributed by atoms with E-state index in [1.54, 1.807) is 0 Å². The Balaban J connectivity index is 1.89. The van der Waals surface area contributed by atoms with Crippen LogP contribution in [0.25, 0.3) is 16.3 Å². The van der Waals surface area contributed by atoms with Crippen LogP contribution in [0.3, 0.4) is 0 Å². The van der Waals surface area contributed by atoms with Crippen molar-refractivity contribution in [2.45, 2.75) is 12.3 Å². The van der Waals surface area contributed by atoms with E-state index in [2.05, 4.69) is 35.8 Å². The molecule has 0 spiro atoms. The molecule has 31 heavy (non-hydrogen) atoms. The van der Waals surface area contributed by atoms with Crippen molar-refractivity contribution < 1.29 is 9.57 Å². The van der Waals surface area contributed by atoms with Gasteiger partial charge in [-0.2, -0.15) is 5.06 Å². The van der Waals surface area contributed by atoms with E-state index in [0.717, 1.165) is 21.9 Å². The molecule has 0 bridgehead atoms. The average molecular weight is 415 g/mol.